The van der Waals surface area contributed by atoms with Crippen LogP contribution >= 0.6 is 0 Å². The van der Waals surface area contributed by atoms with Gasteiger partial charge in [-0.05, 0) is 5.56 Å². The van der Waals surface area contributed by atoms with Gasteiger partial charge in [-0.2, -0.15) is 0 Å². The Morgan fingerprint density at radius 3 is 2.89 bits per heavy atom. The number of rotatable bonds is 5. The molecule has 2 unspecified atom stereocenters. The highest BCUT2D eigenvalue weighted by molar-refractivity contribution is 5.66. The molecule has 1 saturated heterocycles. The molecule has 0 aliphatic carbocycles. The van der Waals surface area contributed by atoms with Crippen molar-refractivity contribution in [3.8, 4) is 0 Å². The van der Waals surface area contributed by atoms with Gasteiger partial charge in [0, 0.05) is 6.92 Å². The van der Waals surface area contributed by atoms with Crippen molar-refractivity contribution >= 4 is 5.97 Å². The van der Waals surface area contributed by atoms with E-state index in [1.807, 2.05) is 30.3 Å². The van der Waals surface area contributed by atoms with E-state index in [1.165, 1.54) is 6.92 Å². The maximum Gasteiger partial charge on any atom is 0.305 e. The van der Waals surface area contributed by atoms with Gasteiger partial charge in [0.2, 0.25) is 6.29 Å². The second-order valence-electron chi connectivity index (χ2n) is 3.94. The summed E-state index contributed by atoms with van der Waals surface area (Å²) >= 11 is 0. The Labute approximate surface area is 106 Å². The summed E-state index contributed by atoms with van der Waals surface area (Å²) in [5.74, 6) is -0.380. The van der Waals surface area contributed by atoms with E-state index in [1.54, 1.807) is 0 Å². The molecule has 2 rings (SSSR count). The smallest absolute Gasteiger partial charge is 0.305 e. The van der Waals surface area contributed by atoms with Gasteiger partial charge < -0.3 is 18.9 Å². The van der Waals surface area contributed by atoms with E-state index in [2.05, 4.69) is 0 Å². The summed E-state index contributed by atoms with van der Waals surface area (Å²) in [6, 6.07) is 9.84. The highest BCUT2D eigenvalue weighted by atomic mass is 16.8. The first kappa shape index (κ1) is 13.0. The summed E-state index contributed by atoms with van der Waals surface area (Å²) < 4.78 is 20.9. The van der Waals surface area contributed by atoms with Crippen molar-refractivity contribution < 1.29 is 23.7 Å². The fourth-order valence-corrected chi connectivity index (χ4v) is 1.62. The normalized spacial score (nSPS) is 22.9. The van der Waals surface area contributed by atoms with Crippen molar-refractivity contribution in [3.05, 3.63) is 35.9 Å². The van der Waals surface area contributed by atoms with Crippen LogP contribution in [0.15, 0.2) is 30.3 Å². The van der Waals surface area contributed by atoms with Gasteiger partial charge >= 0.3 is 5.97 Å². The van der Waals surface area contributed by atoms with Crippen molar-refractivity contribution in [1.82, 2.24) is 0 Å². The molecule has 0 spiro atoms. The Morgan fingerprint density at radius 1 is 1.39 bits per heavy atom. The zero-order valence-corrected chi connectivity index (χ0v) is 10.2. The molecule has 0 aromatic heterocycles. The van der Waals surface area contributed by atoms with E-state index < -0.39 is 12.6 Å². The second kappa shape index (κ2) is 6.49. The van der Waals surface area contributed by atoms with Crippen molar-refractivity contribution in [3.63, 3.8) is 0 Å². The van der Waals surface area contributed by atoms with Crippen LogP contribution in [0.1, 0.15) is 12.5 Å². The number of carbonyl (C=O) groups excluding carboxylic acids is 1. The lowest BCUT2D eigenvalue weighted by molar-refractivity contribution is -0.180. The van der Waals surface area contributed by atoms with Gasteiger partial charge in [0.1, 0.15) is 6.61 Å². The number of carbonyl (C=O) groups is 1. The predicted octanol–water partition coefficient (Wildman–Crippen LogP) is 1.47. The molecule has 5 heteroatoms. The van der Waals surface area contributed by atoms with Crippen LogP contribution < -0.4 is 0 Å². The summed E-state index contributed by atoms with van der Waals surface area (Å²) in [6.07, 6.45) is -1.09. The molecule has 18 heavy (non-hydrogen) atoms. The van der Waals surface area contributed by atoms with Gasteiger partial charge in [-0.3, -0.25) is 4.79 Å². The van der Waals surface area contributed by atoms with Gasteiger partial charge in [-0.1, -0.05) is 30.3 Å². The fraction of sp³-hybridized carbons (Fsp3) is 0.462. The zero-order chi connectivity index (χ0) is 12.8. The van der Waals surface area contributed by atoms with E-state index in [9.17, 15) is 4.79 Å². The third-order valence-electron chi connectivity index (χ3n) is 2.38. The first-order valence-corrected chi connectivity index (χ1v) is 5.80. The number of benzene rings is 1. The number of hydrogen-bond donors (Lipinski definition) is 0. The van der Waals surface area contributed by atoms with Gasteiger partial charge in [0.15, 0.2) is 6.29 Å². The van der Waals surface area contributed by atoms with Crippen LogP contribution in [-0.4, -0.2) is 31.8 Å². The fourth-order valence-electron chi connectivity index (χ4n) is 1.62. The lowest BCUT2D eigenvalue weighted by Crippen LogP contribution is -2.21. The molecule has 1 aliphatic rings. The molecule has 1 fully saturated rings. The molecule has 0 radical (unpaired) electrons. The molecule has 98 valence electrons. The molecular weight excluding hydrogens is 236 g/mol. The minimum absolute atomic E-state index is 0.249. The Bertz CT molecular complexity index is 378. The van der Waals surface area contributed by atoms with Gasteiger partial charge in [0.25, 0.3) is 0 Å². The summed E-state index contributed by atoms with van der Waals surface area (Å²) in [6.45, 7) is 2.40. The minimum atomic E-state index is -0.618. The van der Waals surface area contributed by atoms with Crippen LogP contribution in [0.3, 0.4) is 0 Å². The monoisotopic (exact) mass is 252 g/mol. The van der Waals surface area contributed by atoms with E-state index in [-0.39, 0.29) is 12.6 Å². The SMILES string of the molecule is CC(=O)OC1COC(COCc2ccccc2)O1. The summed E-state index contributed by atoms with van der Waals surface area (Å²) in [4.78, 5) is 10.7. The van der Waals surface area contributed by atoms with Crippen molar-refractivity contribution in [2.24, 2.45) is 0 Å². The molecule has 0 amide bonds. The van der Waals surface area contributed by atoms with Crippen LogP contribution in [0.25, 0.3) is 0 Å². The number of esters is 1. The molecule has 5 nitrogen and oxygen atoms in total. The summed E-state index contributed by atoms with van der Waals surface area (Å²) in [5.41, 5.74) is 1.09. The number of ether oxygens (including phenoxy) is 4. The first-order valence-electron chi connectivity index (χ1n) is 5.80. The van der Waals surface area contributed by atoms with E-state index in [0.29, 0.717) is 13.2 Å². The molecule has 2 atom stereocenters. The van der Waals surface area contributed by atoms with Gasteiger partial charge in [-0.25, -0.2) is 0 Å². The standard InChI is InChI=1S/C13H16O5/c1-10(14)17-13-9-16-12(18-13)8-15-7-11-5-3-2-4-6-11/h2-6,12-13H,7-9H2,1H3. The van der Waals surface area contributed by atoms with Crippen LogP contribution in [0.2, 0.25) is 0 Å². The lowest BCUT2D eigenvalue weighted by Gasteiger charge is -2.11. The summed E-state index contributed by atoms with van der Waals surface area (Å²) in [5, 5.41) is 0. The van der Waals surface area contributed by atoms with Crippen LogP contribution in [-0.2, 0) is 30.3 Å². The molecule has 1 aromatic carbocycles. The Kier molecular flexibility index (Phi) is 4.69. The van der Waals surface area contributed by atoms with E-state index in [4.69, 9.17) is 18.9 Å². The second-order valence-corrected chi connectivity index (χ2v) is 3.94. The molecule has 1 aromatic rings. The molecule has 0 N–H and O–H groups in total. The lowest BCUT2D eigenvalue weighted by atomic mass is 10.2. The van der Waals surface area contributed by atoms with Gasteiger partial charge in [-0.15, -0.1) is 0 Å². The Morgan fingerprint density at radius 2 is 2.17 bits per heavy atom. The highest BCUT2D eigenvalue weighted by Gasteiger charge is 2.28. The maximum absolute atomic E-state index is 10.7. The highest BCUT2D eigenvalue weighted by Crippen LogP contribution is 2.13. The number of hydrogen-bond acceptors (Lipinski definition) is 5. The zero-order valence-electron chi connectivity index (χ0n) is 10.2. The molecule has 1 aliphatic heterocycles. The molecule has 1 heterocycles. The average molecular weight is 252 g/mol. The minimum Gasteiger partial charge on any atom is -0.433 e. The maximum atomic E-state index is 10.7. The summed E-state index contributed by atoms with van der Waals surface area (Å²) in [7, 11) is 0. The largest absolute Gasteiger partial charge is 0.433 e. The topological polar surface area (TPSA) is 54.0 Å². The van der Waals surface area contributed by atoms with E-state index >= 15 is 0 Å². The van der Waals surface area contributed by atoms with Crippen molar-refractivity contribution in [2.75, 3.05) is 13.2 Å². The molecule has 0 saturated carbocycles. The predicted molar refractivity (Wildman–Crippen MR) is 62.5 cm³/mol. The molecule has 0 bridgehead atoms. The third-order valence-corrected chi connectivity index (χ3v) is 2.38. The van der Waals surface area contributed by atoms with Gasteiger partial charge in [0.05, 0.1) is 13.2 Å². The van der Waals surface area contributed by atoms with E-state index in [0.717, 1.165) is 5.56 Å². The van der Waals surface area contributed by atoms with Crippen LogP contribution in [0, 0.1) is 0 Å². The first-order chi connectivity index (χ1) is 8.74. The molecular formula is C13H16O5. The van der Waals surface area contributed by atoms with Crippen LogP contribution in [0.5, 0.6) is 0 Å². The quantitative estimate of drug-likeness (QED) is 0.743. The Balaban J connectivity index is 1.65. The van der Waals surface area contributed by atoms with Crippen molar-refractivity contribution in [1.29, 1.82) is 0 Å². The third kappa shape index (κ3) is 4.10. The van der Waals surface area contributed by atoms with Crippen molar-refractivity contribution in [2.45, 2.75) is 26.1 Å². The van der Waals surface area contributed by atoms with Crippen LogP contribution in [0.4, 0.5) is 0 Å². The average Bonchev–Trinajstić information content (AvgIpc) is 2.77. The Hall–Kier alpha value is -1.43.